The van der Waals surface area contributed by atoms with E-state index in [1.165, 1.54) is 5.01 Å². The molecule has 2 aromatic carbocycles. The number of carbonyl (C=O) groups excluding carboxylic acids is 1. The SMILES string of the molecule is COc1ccc(N(N=O)c2ccc(N[C-]=O)cc2)cc1.[Y]. The van der Waals surface area contributed by atoms with Crippen LogP contribution in [0.5, 0.6) is 5.75 Å². The summed E-state index contributed by atoms with van der Waals surface area (Å²) in [6, 6.07) is 13.6. The Morgan fingerprint density at radius 3 is 2.00 bits per heavy atom. The largest absolute Gasteiger partial charge is 0.497 e. The third kappa shape index (κ3) is 4.34. The Hall–Kier alpha value is -1.79. The zero-order valence-corrected chi connectivity index (χ0v) is 14.2. The van der Waals surface area contributed by atoms with Gasteiger partial charge in [-0.25, -0.2) is 0 Å². The van der Waals surface area contributed by atoms with Crippen molar-refractivity contribution in [2.24, 2.45) is 5.29 Å². The van der Waals surface area contributed by atoms with Crippen LogP contribution in [0.4, 0.5) is 17.1 Å². The second-order valence-corrected chi connectivity index (χ2v) is 3.87. The van der Waals surface area contributed by atoms with Crippen molar-refractivity contribution in [3.8, 4) is 5.75 Å². The molecule has 21 heavy (non-hydrogen) atoms. The molecule has 0 spiro atoms. The van der Waals surface area contributed by atoms with Gasteiger partial charge in [0, 0.05) is 32.7 Å². The fraction of sp³-hybridized carbons (Fsp3) is 0.0714. The summed E-state index contributed by atoms with van der Waals surface area (Å²) < 4.78 is 5.06. The number of benzene rings is 2. The van der Waals surface area contributed by atoms with Crippen LogP contribution in [-0.4, -0.2) is 13.5 Å². The second kappa shape index (κ2) is 8.49. The van der Waals surface area contributed by atoms with Crippen molar-refractivity contribution >= 4 is 23.5 Å². The van der Waals surface area contributed by atoms with E-state index in [4.69, 9.17) is 4.74 Å². The van der Waals surface area contributed by atoms with Crippen LogP contribution in [0.2, 0.25) is 0 Å². The average Bonchev–Trinajstić information content (AvgIpc) is 2.51. The number of hydrogen-bond donors (Lipinski definition) is 1. The summed E-state index contributed by atoms with van der Waals surface area (Å²) in [6.07, 6.45) is 1.58. The van der Waals surface area contributed by atoms with Crippen molar-refractivity contribution in [2.45, 2.75) is 0 Å². The number of rotatable bonds is 6. The molecule has 7 heteroatoms. The van der Waals surface area contributed by atoms with Gasteiger partial charge in [0.25, 0.3) is 0 Å². The summed E-state index contributed by atoms with van der Waals surface area (Å²) >= 11 is 0. The monoisotopic (exact) mass is 359 g/mol. The van der Waals surface area contributed by atoms with Crippen molar-refractivity contribution in [1.29, 1.82) is 0 Å². The average molecular weight is 359 g/mol. The molecule has 0 aliphatic rings. The number of nitrogens with one attached hydrogen (secondary N) is 1. The van der Waals surface area contributed by atoms with Crippen LogP contribution >= 0.6 is 0 Å². The topological polar surface area (TPSA) is 71.0 Å². The molecule has 0 heterocycles. The fourth-order valence-electron chi connectivity index (χ4n) is 1.71. The van der Waals surface area contributed by atoms with E-state index in [0.717, 1.165) is 0 Å². The van der Waals surface area contributed by atoms with Gasteiger partial charge in [0.15, 0.2) is 0 Å². The smallest absolute Gasteiger partial charge is 0.119 e. The van der Waals surface area contributed by atoms with E-state index in [0.29, 0.717) is 22.8 Å². The summed E-state index contributed by atoms with van der Waals surface area (Å²) in [5.41, 5.74) is 1.79. The van der Waals surface area contributed by atoms with Crippen LogP contribution in [0.25, 0.3) is 0 Å². The summed E-state index contributed by atoms with van der Waals surface area (Å²) in [7, 11) is 1.57. The number of nitroso groups, excluding NO2 is 1. The van der Waals surface area contributed by atoms with Crippen molar-refractivity contribution in [3.63, 3.8) is 0 Å². The van der Waals surface area contributed by atoms with Crippen LogP contribution in [0.15, 0.2) is 53.8 Å². The predicted molar refractivity (Wildman–Crippen MR) is 76.7 cm³/mol. The van der Waals surface area contributed by atoms with E-state index >= 15 is 0 Å². The number of amides is 1. The molecule has 0 atom stereocenters. The van der Waals surface area contributed by atoms with Crippen LogP contribution in [-0.2, 0) is 37.5 Å². The molecule has 1 radical (unpaired) electrons. The Morgan fingerprint density at radius 2 is 1.57 bits per heavy atom. The molecule has 1 N–H and O–H groups in total. The Balaban J connectivity index is 0.00000220. The molecule has 105 valence electrons. The summed E-state index contributed by atoms with van der Waals surface area (Å²) in [4.78, 5) is 21.2. The first-order valence-electron chi connectivity index (χ1n) is 5.79. The molecular formula is C14H12N3O3Y-. The van der Waals surface area contributed by atoms with Gasteiger partial charge in [-0.2, -0.15) is 5.01 Å². The molecule has 0 aliphatic carbocycles. The Kier molecular flexibility index (Phi) is 6.98. The van der Waals surface area contributed by atoms with Gasteiger partial charge in [-0.05, 0) is 24.3 Å². The molecule has 0 unspecified atom stereocenters. The summed E-state index contributed by atoms with van der Waals surface area (Å²) in [5, 5.41) is 6.65. The van der Waals surface area contributed by atoms with Gasteiger partial charge in [0.1, 0.15) is 5.75 Å². The predicted octanol–water partition coefficient (Wildman–Crippen LogP) is 2.99. The Labute approximate surface area is 147 Å². The van der Waals surface area contributed by atoms with Crippen molar-refractivity contribution in [3.05, 3.63) is 53.4 Å². The molecule has 0 bridgehead atoms. The summed E-state index contributed by atoms with van der Waals surface area (Å²) in [5.74, 6) is 0.695. The van der Waals surface area contributed by atoms with Crippen LogP contribution in [0.3, 0.4) is 0 Å². The maximum Gasteiger partial charge on any atom is 0.119 e. The van der Waals surface area contributed by atoms with Gasteiger partial charge >= 0.3 is 0 Å². The van der Waals surface area contributed by atoms with Gasteiger partial charge in [-0.15, -0.1) is 22.7 Å². The maximum absolute atomic E-state index is 11.0. The van der Waals surface area contributed by atoms with Gasteiger partial charge in [0.2, 0.25) is 0 Å². The first-order valence-corrected chi connectivity index (χ1v) is 5.79. The Bertz CT molecular complexity index is 587. The standard InChI is InChI=1S/C14H12N3O3.Y/c1-20-14-8-6-13(7-9-14)17(16-19)12-4-2-11(3-5-12)15-10-18;/h2-9H,1H3,(H,15,18);/q-1;. The van der Waals surface area contributed by atoms with E-state index in [1.54, 1.807) is 62.1 Å². The Morgan fingerprint density at radius 1 is 1.05 bits per heavy atom. The van der Waals surface area contributed by atoms with E-state index in [2.05, 4.69) is 10.6 Å². The normalized spacial score (nSPS) is 9.19. The van der Waals surface area contributed by atoms with Crippen molar-refractivity contribution in [1.82, 2.24) is 0 Å². The minimum Gasteiger partial charge on any atom is -0.497 e. The molecule has 0 saturated heterocycles. The molecule has 0 fully saturated rings. The van der Waals surface area contributed by atoms with Crippen LogP contribution < -0.4 is 15.1 Å². The molecule has 0 aromatic heterocycles. The molecule has 2 aromatic rings. The van der Waals surface area contributed by atoms with Crippen molar-refractivity contribution < 1.29 is 42.2 Å². The van der Waals surface area contributed by atoms with Crippen LogP contribution in [0, 0.1) is 4.91 Å². The number of hydrogen-bond acceptors (Lipinski definition) is 4. The molecule has 1 amide bonds. The quantitative estimate of drug-likeness (QED) is 0.373. The zero-order chi connectivity index (χ0) is 14.4. The number of nitrogens with zero attached hydrogens (tertiary/aromatic N) is 2. The molecule has 0 aliphatic heterocycles. The third-order valence-electron chi connectivity index (χ3n) is 2.71. The number of methoxy groups -OCH3 is 1. The van der Waals surface area contributed by atoms with E-state index in [-0.39, 0.29) is 32.7 Å². The molecule has 2 rings (SSSR count). The minimum atomic E-state index is 0. The molecule has 6 nitrogen and oxygen atoms in total. The van der Waals surface area contributed by atoms with E-state index in [9.17, 15) is 9.70 Å². The fourth-order valence-corrected chi connectivity index (χ4v) is 1.71. The van der Waals surface area contributed by atoms with E-state index in [1.807, 2.05) is 0 Å². The summed E-state index contributed by atoms with van der Waals surface area (Å²) in [6.45, 7) is 0. The van der Waals surface area contributed by atoms with Crippen LogP contribution in [0.1, 0.15) is 0 Å². The number of ether oxygens (including phenoxy) is 1. The first kappa shape index (κ1) is 17.3. The van der Waals surface area contributed by atoms with Gasteiger partial charge in [-0.1, -0.05) is 12.1 Å². The third-order valence-corrected chi connectivity index (χ3v) is 2.71. The minimum absolute atomic E-state index is 0. The second-order valence-electron chi connectivity index (χ2n) is 3.87. The van der Waals surface area contributed by atoms with Gasteiger partial charge in [0.05, 0.1) is 30.2 Å². The number of anilines is 3. The maximum atomic E-state index is 11.0. The van der Waals surface area contributed by atoms with E-state index < -0.39 is 0 Å². The zero-order valence-electron chi connectivity index (χ0n) is 11.3. The van der Waals surface area contributed by atoms with Gasteiger partial charge < -0.3 is 14.8 Å². The first-order chi connectivity index (χ1) is 9.78. The van der Waals surface area contributed by atoms with Gasteiger partial charge in [-0.3, -0.25) is 0 Å². The van der Waals surface area contributed by atoms with Crippen molar-refractivity contribution in [2.75, 3.05) is 17.4 Å². The molecule has 0 saturated carbocycles. The molecular weight excluding hydrogens is 347 g/mol.